The maximum Gasteiger partial charge on any atom is 0.318 e. The molecule has 180 valence electrons. The number of hydrogen-bond donors (Lipinski definition) is 1. The number of carbonyl (C=O) groups is 1. The number of aryl methyl sites for hydroxylation is 1. The number of rotatable bonds is 9. The molecule has 1 unspecified atom stereocenters. The van der Waals surface area contributed by atoms with Crippen molar-refractivity contribution in [3.8, 4) is 11.8 Å². The summed E-state index contributed by atoms with van der Waals surface area (Å²) in [6.07, 6.45) is 2.45. The number of ether oxygens (including phenoxy) is 2. The van der Waals surface area contributed by atoms with Crippen molar-refractivity contribution in [2.24, 2.45) is 0 Å². The van der Waals surface area contributed by atoms with Gasteiger partial charge in [-0.05, 0) is 49.2 Å². The van der Waals surface area contributed by atoms with Gasteiger partial charge in [-0.3, -0.25) is 4.79 Å². The highest BCUT2D eigenvalue weighted by atomic mass is 32.1. The van der Waals surface area contributed by atoms with Crippen molar-refractivity contribution >= 4 is 23.1 Å². The molecule has 1 aliphatic rings. The maximum atomic E-state index is 13.3. The molecule has 2 aromatic heterocycles. The van der Waals surface area contributed by atoms with Crippen molar-refractivity contribution in [1.82, 2.24) is 20.2 Å². The molecule has 9 heteroatoms. The SMILES string of the molecule is CNCCC(Oc1ccc(CN2CCN(C)c3nc(OC)ncc3C2=O)cc1C)c1cccs1. The van der Waals surface area contributed by atoms with Gasteiger partial charge >= 0.3 is 6.01 Å². The van der Waals surface area contributed by atoms with Gasteiger partial charge in [0.25, 0.3) is 5.91 Å². The Morgan fingerprint density at radius 3 is 2.82 bits per heavy atom. The minimum absolute atomic E-state index is 0.00761. The first kappa shape index (κ1) is 24.0. The van der Waals surface area contributed by atoms with Gasteiger partial charge in [-0.25, -0.2) is 4.98 Å². The molecule has 1 N–H and O–H groups in total. The fourth-order valence-electron chi connectivity index (χ4n) is 4.02. The molecule has 0 saturated heterocycles. The summed E-state index contributed by atoms with van der Waals surface area (Å²) in [5, 5.41) is 5.29. The molecule has 3 aromatic rings. The van der Waals surface area contributed by atoms with Gasteiger partial charge in [0.05, 0.1) is 7.11 Å². The summed E-state index contributed by atoms with van der Waals surface area (Å²) < 4.78 is 11.6. The number of nitrogens with zero attached hydrogens (tertiary/aromatic N) is 4. The minimum atomic E-state index is -0.0789. The molecule has 0 radical (unpaired) electrons. The number of nitrogens with one attached hydrogen (secondary N) is 1. The van der Waals surface area contributed by atoms with Crippen LogP contribution in [0.3, 0.4) is 0 Å². The molecule has 1 aromatic carbocycles. The fourth-order valence-corrected chi connectivity index (χ4v) is 4.81. The van der Waals surface area contributed by atoms with E-state index in [9.17, 15) is 4.79 Å². The lowest BCUT2D eigenvalue weighted by Crippen LogP contribution is -2.33. The number of carbonyl (C=O) groups excluding carboxylic acids is 1. The van der Waals surface area contributed by atoms with Crippen LogP contribution in [0.1, 0.15) is 38.9 Å². The number of thiophene rings is 1. The number of fused-ring (bicyclic) bond motifs is 1. The van der Waals surface area contributed by atoms with Gasteiger partial charge in [0.1, 0.15) is 23.2 Å². The third kappa shape index (κ3) is 5.31. The molecule has 1 atom stereocenters. The molecule has 1 aliphatic heterocycles. The molecule has 0 fully saturated rings. The summed E-state index contributed by atoms with van der Waals surface area (Å²) in [5.74, 6) is 1.39. The highest BCUT2D eigenvalue weighted by Gasteiger charge is 2.27. The smallest absolute Gasteiger partial charge is 0.318 e. The average Bonchev–Trinajstić information content (AvgIpc) is 3.36. The number of amides is 1. The lowest BCUT2D eigenvalue weighted by Gasteiger charge is -2.23. The number of methoxy groups -OCH3 is 1. The van der Waals surface area contributed by atoms with E-state index in [4.69, 9.17) is 9.47 Å². The molecular formula is C25H31N5O3S. The lowest BCUT2D eigenvalue weighted by atomic mass is 10.1. The van der Waals surface area contributed by atoms with Crippen LogP contribution in [0.25, 0.3) is 0 Å². The minimum Gasteiger partial charge on any atom is -0.485 e. The molecule has 0 aliphatic carbocycles. The largest absolute Gasteiger partial charge is 0.485 e. The molecule has 0 saturated carbocycles. The Hall–Kier alpha value is -3.17. The second-order valence-electron chi connectivity index (χ2n) is 8.36. The number of benzene rings is 1. The first-order valence-corrected chi connectivity index (χ1v) is 12.2. The Balaban J connectivity index is 1.50. The van der Waals surface area contributed by atoms with E-state index in [1.807, 2.05) is 36.0 Å². The van der Waals surface area contributed by atoms with Crippen LogP contribution in [0.2, 0.25) is 0 Å². The van der Waals surface area contributed by atoms with Crippen molar-refractivity contribution in [2.75, 3.05) is 45.7 Å². The maximum absolute atomic E-state index is 13.3. The van der Waals surface area contributed by atoms with E-state index in [1.54, 1.807) is 17.5 Å². The predicted molar refractivity (Wildman–Crippen MR) is 134 cm³/mol. The lowest BCUT2D eigenvalue weighted by molar-refractivity contribution is 0.0754. The zero-order chi connectivity index (χ0) is 24.1. The summed E-state index contributed by atoms with van der Waals surface area (Å²) in [4.78, 5) is 26.8. The molecule has 4 rings (SSSR count). The van der Waals surface area contributed by atoms with E-state index in [1.165, 1.54) is 12.0 Å². The fraction of sp³-hybridized carbons (Fsp3) is 0.400. The van der Waals surface area contributed by atoms with Crippen molar-refractivity contribution in [3.05, 3.63) is 63.5 Å². The van der Waals surface area contributed by atoms with E-state index in [-0.39, 0.29) is 18.0 Å². The number of aromatic nitrogens is 2. The van der Waals surface area contributed by atoms with E-state index >= 15 is 0 Å². The van der Waals surface area contributed by atoms with Gasteiger partial charge in [0, 0.05) is 44.2 Å². The number of anilines is 1. The van der Waals surface area contributed by atoms with Crippen LogP contribution in [-0.4, -0.2) is 61.6 Å². The molecule has 0 bridgehead atoms. The van der Waals surface area contributed by atoms with Crippen molar-refractivity contribution in [1.29, 1.82) is 0 Å². The second-order valence-corrected chi connectivity index (χ2v) is 9.34. The Bertz CT molecular complexity index is 1120. The molecule has 1 amide bonds. The van der Waals surface area contributed by atoms with Gasteiger partial charge in [-0.1, -0.05) is 18.2 Å². The molecule has 3 heterocycles. The molecule has 34 heavy (non-hydrogen) atoms. The van der Waals surface area contributed by atoms with Gasteiger partial charge in [0.2, 0.25) is 0 Å². The summed E-state index contributed by atoms with van der Waals surface area (Å²) in [6, 6.07) is 10.6. The summed E-state index contributed by atoms with van der Waals surface area (Å²) in [7, 11) is 5.40. The van der Waals surface area contributed by atoms with Crippen LogP contribution < -0.4 is 19.7 Å². The normalized spacial score (nSPS) is 14.5. The Morgan fingerprint density at radius 1 is 1.26 bits per heavy atom. The van der Waals surface area contributed by atoms with Crippen LogP contribution in [0.4, 0.5) is 5.82 Å². The monoisotopic (exact) mass is 481 g/mol. The highest BCUT2D eigenvalue weighted by molar-refractivity contribution is 7.10. The first-order chi connectivity index (χ1) is 16.5. The van der Waals surface area contributed by atoms with Crippen LogP contribution >= 0.6 is 11.3 Å². The Morgan fingerprint density at radius 2 is 2.12 bits per heavy atom. The second kappa shape index (κ2) is 10.8. The number of hydrogen-bond acceptors (Lipinski definition) is 8. The standard InChI is InChI=1S/C25H31N5O3S/c1-17-14-18(7-8-20(17)33-21(9-10-26-2)22-6-5-13-34-22)16-30-12-11-29(3)23-19(24(30)31)15-27-25(28-23)32-4/h5-8,13-15,21,26H,9-12,16H2,1-4H3. The van der Waals surface area contributed by atoms with Crippen LogP contribution in [0, 0.1) is 6.92 Å². The predicted octanol–water partition coefficient (Wildman–Crippen LogP) is 3.68. The van der Waals surface area contributed by atoms with Crippen LogP contribution in [0.5, 0.6) is 11.8 Å². The first-order valence-electron chi connectivity index (χ1n) is 11.4. The summed E-state index contributed by atoms with van der Waals surface area (Å²) in [5.41, 5.74) is 2.60. The van der Waals surface area contributed by atoms with Crippen LogP contribution in [0.15, 0.2) is 41.9 Å². The van der Waals surface area contributed by atoms with Gasteiger partial charge in [0.15, 0.2) is 0 Å². The van der Waals surface area contributed by atoms with E-state index < -0.39 is 0 Å². The average molecular weight is 482 g/mol. The highest BCUT2D eigenvalue weighted by Crippen LogP contribution is 2.31. The zero-order valence-corrected chi connectivity index (χ0v) is 20.9. The quantitative estimate of drug-likeness (QED) is 0.499. The topological polar surface area (TPSA) is 79.8 Å². The van der Waals surface area contributed by atoms with E-state index in [0.717, 1.165) is 29.8 Å². The molecular weight excluding hydrogens is 450 g/mol. The van der Waals surface area contributed by atoms with E-state index in [2.05, 4.69) is 45.8 Å². The Labute approximate surface area is 204 Å². The molecule has 0 spiro atoms. The third-order valence-electron chi connectivity index (χ3n) is 5.91. The van der Waals surface area contributed by atoms with Crippen molar-refractivity contribution in [3.63, 3.8) is 0 Å². The van der Waals surface area contributed by atoms with Gasteiger partial charge in [-0.2, -0.15) is 4.98 Å². The molecule has 8 nitrogen and oxygen atoms in total. The van der Waals surface area contributed by atoms with Gasteiger partial charge < -0.3 is 24.6 Å². The number of likely N-dealkylation sites (N-methyl/N-ethyl adjacent to an activating group) is 1. The third-order valence-corrected chi connectivity index (χ3v) is 6.88. The van der Waals surface area contributed by atoms with Crippen molar-refractivity contribution < 1.29 is 14.3 Å². The zero-order valence-electron chi connectivity index (χ0n) is 20.1. The van der Waals surface area contributed by atoms with Crippen molar-refractivity contribution in [2.45, 2.75) is 26.0 Å². The van der Waals surface area contributed by atoms with Crippen LogP contribution in [-0.2, 0) is 6.54 Å². The Kier molecular flexibility index (Phi) is 7.64. The summed E-state index contributed by atoms with van der Waals surface area (Å²) >= 11 is 1.71. The summed E-state index contributed by atoms with van der Waals surface area (Å²) in [6.45, 7) is 4.70. The van der Waals surface area contributed by atoms with E-state index in [0.29, 0.717) is 31.0 Å². The van der Waals surface area contributed by atoms with Gasteiger partial charge in [-0.15, -0.1) is 11.3 Å².